The average molecular weight is 466 g/mol. The minimum Gasteiger partial charge on any atom is -0.332 e. The van der Waals surface area contributed by atoms with E-state index < -0.39 is 5.91 Å². The average Bonchev–Trinajstić information content (AvgIpc) is 3.11. The van der Waals surface area contributed by atoms with Gasteiger partial charge in [0.05, 0.1) is 16.3 Å². The van der Waals surface area contributed by atoms with Crippen LogP contribution in [0.25, 0.3) is 10.1 Å². The van der Waals surface area contributed by atoms with Crippen LogP contribution in [-0.2, 0) is 0 Å². The topological polar surface area (TPSA) is 70.2 Å². The monoisotopic (exact) mass is 465 g/mol. The zero-order chi connectivity index (χ0) is 21.8. The summed E-state index contributed by atoms with van der Waals surface area (Å²) in [4.78, 5) is 25.8. The summed E-state index contributed by atoms with van der Waals surface area (Å²) in [5.41, 5.74) is 1.55. The normalized spacial score (nSPS) is 10.5. The molecule has 2 amide bonds. The van der Waals surface area contributed by atoms with Crippen LogP contribution in [0.1, 0.15) is 20.0 Å². The van der Waals surface area contributed by atoms with Gasteiger partial charge < -0.3 is 10.6 Å². The number of fused-ring (bicyclic) bond motifs is 1. The maximum Gasteiger partial charge on any atom is 0.269 e. The van der Waals surface area contributed by atoms with Crippen molar-refractivity contribution >= 4 is 73.5 Å². The molecule has 4 aromatic rings. The van der Waals surface area contributed by atoms with Crippen molar-refractivity contribution < 1.29 is 9.59 Å². The molecule has 8 heteroatoms. The van der Waals surface area contributed by atoms with Crippen molar-refractivity contribution in [1.82, 2.24) is 5.32 Å². The number of halogens is 1. The van der Waals surface area contributed by atoms with E-state index in [0.717, 1.165) is 10.1 Å². The molecule has 0 bridgehead atoms. The Hall–Kier alpha value is -3.26. The highest BCUT2D eigenvalue weighted by atomic mass is 35.5. The van der Waals surface area contributed by atoms with Gasteiger partial charge in [0.25, 0.3) is 11.8 Å². The third-order valence-corrected chi connectivity index (χ3v) is 6.30. The van der Waals surface area contributed by atoms with Crippen LogP contribution in [0.15, 0.2) is 78.9 Å². The number of thiophene rings is 1. The van der Waals surface area contributed by atoms with Crippen molar-refractivity contribution in [2.45, 2.75) is 0 Å². The molecule has 0 spiro atoms. The van der Waals surface area contributed by atoms with Crippen LogP contribution < -0.4 is 16.0 Å². The quantitative estimate of drug-likeness (QED) is 0.326. The SMILES string of the molecule is O=C(Nc1ccccc1)c1ccccc1NC(=S)NC(=O)c1sc2ccccc2c1Cl. The zero-order valence-corrected chi connectivity index (χ0v) is 18.4. The van der Waals surface area contributed by atoms with Crippen molar-refractivity contribution in [2.24, 2.45) is 0 Å². The Bertz CT molecular complexity index is 1290. The molecule has 0 aliphatic heterocycles. The largest absolute Gasteiger partial charge is 0.332 e. The summed E-state index contributed by atoms with van der Waals surface area (Å²) in [7, 11) is 0. The van der Waals surface area contributed by atoms with E-state index in [0.29, 0.717) is 26.8 Å². The predicted octanol–water partition coefficient (Wildman–Crippen LogP) is 5.93. The van der Waals surface area contributed by atoms with E-state index in [9.17, 15) is 9.59 Å². The van der Waals surface area contributed by atoms with Crippen molar-refractivity contribution in [2.75, 3.05) is 10.6 Å². The summed E-state index contributed by atoms with van der Waals surface area (Å²) < 4.78 is 0.916. The zero-order valence-electron chi connectivity index (χ0n) is 16.0. The number of amides is 2. The maximum atomic E-state index is 12.7. The lowest BCUT2D eigenvalue weighted by Crippen LogP contribution is -2.34. The van der Waals surface area contributed by atoms with Crippen molar-refractivity contribution in [1.29, 1.82) is 0 Å². The summed E-state index contributed by atoms with van der Waals surface area (Å²) in [6.07, 6.45) is 0. The lowest BCUT2D eigenvalue weighted by atomic mass is 10.1. The lowest BCUT2D eigenvalue weighted by molar-refractivity contribution is 0.0980. The maximum absolute atomic E-state index is 12.7. The number of carbonyl (C=O) groups excluding carboxylic acids is 2. The molecule has 0 aliphatic carbocycles. The van der Waals surface area contributed by atoms with Crippen LogP contribution in [0.5, 0.6) is 0 Å². The molecular formula is C23H16ClN3O2S2. The second kappa shape index (κ2) is 9.26. The number of carbonyl (C=O) groups is 2. The number of thiocarbonyl (C=S) groups is 1. The summed E-state index contributed by atoms with van der Waals surface area (Å²) in [5, 5.41) is 9.69. The van der Waals surface area contributed by atoms with Crippen molar-refractivity contribution in [3.63, 3.8) is 0 Å². The Labute approximate surface area is 193 Å². The predicted molar refractivity (Wildman–Crippen MR) is 131 cm³/mol. The molecule has 3 aromatic carbocycles. The molecule has 1 heterocycles. The summed E-state index contributed by atoms with van der Waals surface area (Å²) in [5.74, 6) is -0.703. The highest BCUT2D eigenvalue weighted by Gasteiger charge is 2.19. The third kappa shape index (κ3) is 4.74. The van der Waals surface area contributed by atoms with E-state index in [1.807, 2.05) is 42.5 Å². The van der Waals surface area contributed by atoms with Gasteiger partial charge in [0.2, 0.25) is 0 Å². The van der Waals surface area contributed by atoms with Gasteiger partial charge in [-0.3, -0.25) is 14.9 Å². The van der Waals surface area contributed by atoms with Crippen molar-refractivity contribution in [3.05, 3.63) is 94.3 Å². The van der Waals surface area contributed by atoms with Gasteiger partial charge in [-0.25, -0.2) is 0 Å². The van der Waals surface area contributed by atoms with Crippen LogP contribution >= 0.6 is 35.2 Å². The lowest BCUT2D eigenvalue weighted by Gasteiger charge is -2.13. The molecule has 154 valence electrons. The van der Waals surface area contributed by atoms with E-state index in [2.05, 4.69) is 16.0 Å². The molecule has 0 unspecified atom stereocenters. The van der Waals surface area contributed by atoms with Crippen molar-refractivity contribution in [3.8, 4) is 0 Å². The first-order valence-electron chi connectivity index (χ1n) is 9.27. The Morgan fingerprint density at radius 2 is 1.48 bits per heavy atom. The molecule has 0 aliphatic rings. The van der Waals surface area contributed by atoms with Crippen LogP contribution in [0.4, 0.5) is 11.4 Å². The van der Waals surface area contributed by atoms with Gasteiger partial charge in [-0.05, 0) is 42.5 Å². The van der Waals surface area contributed by atoms with Crippen LogP contribution in [-0.4, -0.2) is 16.9 Å². The number of benzene rings is 3. The minimum absolute atomic E-state index is 0.0680. The molecule has 0 radical (unpaired) electrons. The Morgan fingerprint density at radius 1 is 0.806 bits per heavy atom. The third-order valence-electron chi connectivity index (χ3n) is 4.42. The van der Waals surface area contributed by atoms with E-state index in [1.54, 1.807) is 36.4 Å². The number of anilines is 2. The molecule has 31 heavy (non-hydrogen) atoms. The van der Waals surface area contributed by atoms with E-state index in [1.165, 1.54) is 11.3 Å². The van der Waals surface area contributed by atoms with Gasteiger partial charge in [-0.2, -0.15) is 0 Å². The smallest absolute Gasteiger partial charge is 0.269 e. The molecule has 0 fully saturated rings. The first-order chi connectivity index (χ1) is 15.0. The first-order valence-corrected chi connectivity index (χ1v) is 10.9. The Kier molecular flexibility index (Phi) is 6.27. The number of hydrogen-bond donors (Lipinski definition) is 3. The minimum atomic E-state index is -0.407. The van der Waals surface area contributed by atoms with Gasteiger partial charge >= 0.3 is 0 Å². The number of hydrogen-bond acceptors (Lipinski definition) is 4. The number of rotatable bonds is 4. The fourth-order valence-electron chi connectivity index (χ4n) is 2.98. The van der Waals surface area contributed by atoms with Crippen LogP contribution in [0.2, 0.25) is 5.02 Å². The fourth-order valence-corrected chi connectivity index (χ4v) is 4.60. The molecule has 1 aromatic heterocycles. The molecule has 0 saturated heterocycles. The van der Waals surface area contributed by atoms with Gasteiger partial charge in [0, 0.05) is 15.8 Å². The fraction of sp³-hybridized carbons (Fsp3) is 0. The Morgan fingerprint density at radius 3 is 2.26 bits per heavy atom. The van der Waals surface area contributed by atoms with E-state index >= 15 is 0 Å². The molecule has 4 rings (SSSR count). The van der Waals surface area contributed by atoms with Crippen LogP contribution in [0, 0.1) is 0 Å². The van der Waals surface area contributed by atoms with Gasteiger partial charge in [-0.1, -0.05) is 60.1 Å². The highest BCUT2D eigenvalue weighted by Crippen LogP contribution is 2.35. The molecule has 0 saturated carbocycles. The summed E-state index contributed by atoms with van der Waals surface area (Å²) in [6, 6.07) is 23.6. The second-order valence-corrected chi connectivity index (χ2v) is 8.35. The summed E-state index contributed by atoms with van der Waals surface area (Å²) in [6.45, 7) is 0. The van der Waals surface area contributed by atoms with Gasteiger partial charge in [-0.15, -0.1) is 11.3 Å². The molecule has 0 atom stereocenters. The molecule has 5 nitrogen and oxygen atoms in total. The second-order valence-electron chi connectivity index (χ2n) is 6.52. The number of para-hydroxylation sites is 2. The molecular weight excluding hydrogens is 450 g/mol. The molecule has 3 N–H and O–H groups in total. The van der Waals surface area contributed by atoms with Gasteiger partial charge in [0.1, 0.15) is 4.88 Å². The summed E-state index contributed by atoms with van der Waals surface area (Å²) >= 11 is 13.0. The van der Waals surface area contributed by atoms with Crippen LogP contribution in [0.3, 0.4) is 0 Å². The highest BCUT2D eigenvalue weighted by molar-refractivity contribution is 7.80. The van der Waals surface area contributed by atoms with E-state index in [-0.39, 0.29) is 11.0 Å². The van der Waals surface area contributed by atoms with Gasteiger partial charge in [0.15, 0.2) is 5.11 Å². The Balaban J connectivity index is 1.48. The van der Waals surface area contributed by atoms with E-state index in [4.69, 9.17) is 23.8 Å². The standard InChI is InChI=1S/C23H16ClN3O2S2/c24-19-16-11-5-7-13-18(16)31-20(19)22(29)27-23(30)26-17-12-6-4-10-15(17)21(28)25-14-8-2-1-3-9-14/h1-13H,(H,25,28)(H2,26,27,29,30). The number of nitrogens with one attached hydrogen (secondary N) is 3. The first kappa shape index (κ1) is 21.0.